The SMILES string of the molecule is Cc1cc(C)c(S(=O)(=O)N2CCN(S(=O)(=O)c3cc(Br)c(C)cc3C)C(C)C2)cc1Br. The molecule has 6 nitrogen and oxygen atoms in total. The van der Waals surface area contributed by atoms with E-state index in [1.807, 2.05) is 26.0 Å². The number of benzene rings is 2. The molecule has 1 atom stereocenters. The smallest absolute Gasteiger partial charge is 0.207 e. The van der Waals surface area contributed by atoms with Gasteiger partial charge >= 0.3 is 0 Å². The number of hydrogen-bond donors (Lipinski definition) is 0. The number of rotatable bonds is 4. The van der Waals surface area contributed by atoms with Crippen molar-refractivity contribution in [3.05, 3.63) is 55.5 Å². The van der Waals surface area contributed by atoms with Gasteiger partial charge in [-0.1, -0.05) is 44.0 Å². The standard InChI is InChI=1S/C21H26Br2N2O4S2/c1-13-8-15(3)20(10-18(13)22)30(26,27)24-6-7-25(17(5)12-24)31(28,29)21-11-19(23)14(2)9-16(21)4/h8-11,17H,6-7,12H2,1-5H3. The number of piperazine rings is 1. The van der Waals surface area contributed by atoms with E-state index >= 15 is 0 Å². The number of halogens is 2. The Balaban J connectivity index is 1.90. The first kappa shape index (κ1) is 24.9. The summed E-state index contributed by atoms with van der Waals surface area (Å²) >= 11 is 6.83. The van der Waals surface area contributed by atoms with E-state index in [0.29, 0.717) is 11.1 Å². The summed E-state index contributed by atoms with van der Waals surface area (Å²) in [4.78, 5) is 0.484. The summed E-state index contributed by atoms with van der Waals surface area (Å²) in [6.45, 7) is 9.40. The lowest BCUT2D eigenvalue weighted by Crippen LogP contribution is -2.55. The molecule has 1 unspecified atom stereocenters. The monoisotopic (exact) mass is 592 g/mol. The van der Waals surface area contributed by atoms with E-state index in [1.54, 1.807) is 32.9 Å². The van der Waals surface area contributed by atoms with Crippen LogP contribution in [0.4, 0.5) is 0 Å². The Morgan fingerprint density at radius 2 is 1.19 bits per heavy atom. The van der Waals surface area contributed by atoms with Crippen molar-refractivity contribution in [2.75, 3.05) is 19.6 Å². The van der Waals surface area contributed by atoms with Crippen LogP contribution in [0, 0.1) is 27.7 Å². The molecule has 1 heterocycles. The molecule has 0 spiro atoms. The zero-order valence-corrected chi connectivity index (χ0v) is 22.9. The van der Waals surface area contributed by atoms with Gasteiger partial charge in [0.1, 0.15) is 0 Å². The van der Waals surface area contributed by atoms with Crippen molar-refractivity contribution >= 4 is 51.9 Å². The molecule has 1 saturated heterocycles. The van der Waals surface area contributed by atoms with Gasteiger partial charge in [-0.15, -0.1) is 0 Å². The molecule has 1 aliphatic rings. The lowest BCUT2D eigenvalue weighted by atomic mass is 10.2. The third-order valence-electron chi connectivity index (χ3n) is 5.65. The molecule has 0 N–H and O–H groups in total. The summed E-state index contributed by atoms with van der Waals surface area (Å²) in [7, 11) is -7.51. The molecule has 1 aliphatic heterocycles. The first-order valence-corrected chi connectivity index (χ1v) is 14.3. The molecule has 2 aromatic carbocycles. The summed E-state index contributed by atoms with van der Waals surface area (Å²) < 4.78 is 57.6. The molecule has 0 amide bonds. The van der Waals surface area contributed by atoms with E-state index in [2.05, 4.69) is 31.9 Å². The largest absolute Gasteiger partial charge is 0.243 e. The molecular weight excluding hydrogens is 568 g/mol. The van der Waals surface area contributed by atoms with Crippen molar-refractivity contribution < 1.29 is 16.8 Å². The van der Waals surface area contributed by atoms with Gasteiger partial charge in [0.15, 0.2) is 0 Å². The highest BCUT2D eigenvalue weighted by Crippen LogP contribution is 2.31. The summed E-state index contributed by atoms with van der Waals surface area (Å²) in [6.07, 6.45) is 0. The highest BCUT2D eigenvalue weighted by Gasteiger charge is 2.39. The average Bonchev–Trinajstić information content (AvgIpc) is 2.66. The van der Waals surface area contributed by atoms with Crippen molar-refractivity contribution in [1.82, 2.24) is 8.61 Å². The molecule has 2 aromatic rings. The summed E-state index contributed by atoms with van der Waals surface area (Å²) in [5.41, 5.74) is 3.26. The molecule has 0 aromatic heterocycles. The molecule has 0 bridgehead atoms. The second kappa shape index (κ2) is 8.87. The van der Waals surface area contributed by atoms with Gasteiger partial charge in [-0.2, -0.15) is 8.61 Å². The maximum Gasteiger partial charge on any atom is 0.243 e. The maximum atomic E-state index is 13.4. The van der Waals surface area contributed by atoms with Gasteiger partial charge in [0.25, 0.3) is 0 Å². The zero-order valence-electron chi connectivity index (χ0n) is 18.1. The predicted molar refractivity (Wildman–Crippen MR) is 129 cm³/mol. The van der Waals surface area contributed by atoms with E-state index in [-0.39, 0.29) is 29.4 Å². The van der Waals surface area contributed by atoms with E-state index in [0.717, 1.165) is 20.1 Å². The van der Waals surface area contributed by atoms with Crippen LogP contribution in [0.1, 0.15) is 29.2 Å². The minimum atomic E-state index is -3.76. The van der Waals surface area contributed by atoms with Crippen LogP contribution in [0.25, 0.3) is 0 Å². The van der Waals surface area contributed by atoms with Crippen LogP contribution < -0.4 is 0 Å². The molecule has 0 aliphatic carbocycles. The fourth-order valence-corrected chi connectivity index (χ4v) is 8.50. The Kier molecular flexibility index (Phi) is 7.11. The van der Waals surface area contributed by atoms with E-state index < -0.39 is 26.1 Å². The fraction of sp³-hybridized carbons (Fsp3) is 0.429. The van der Waals surface area contributed by atoms with Gasteiger partial charge in [-0.05, 0) is 69.0 Å². The predicted octanol–water partition coefficient (Wildman–Crippen LogP) is 4.53. The number of sulfonamides is 2. The van der Waals surface area contributed by atoms with Gasteiger partial charge in [0.05, 0.1) is 9.79 Å². The molecule has 31 heavy (non-hydrogen) atoms. The van der Waals surface area contributed by atoms with Crippen LogP contribution >= 0.6 is 31.9 Å². The third-order valence-corrected chi connectivity index (χ3v) is 11.5. The molecule has 0 saturated carbocycles. The molecular formula is C21H26Br2N2O4S2. The highest BCUT2D eigenvalue weighted by molar-refractivity contribution is 9.10. The normalized spacial score (nSPS) is 19.0. The average molecular weight is 594 g/mol. The van der Waals surface area contributed by atoms with Gasteiger partial charge in [-0.3, -0.25) is 0 Å². The third kappa shape index (κ3) is 4.65. The van der Waals surface area contributed by atoms with Gasteiger partial charge in [0.2, 0.25) is 20.0 Å². The quantitative estimate of drug-likeness (QED) is 0.522. The lowest BCUT2D eigenvalue weighted by molar-refractivity contribution is 0.212. The van der Waals surface area contributed by atoms with E-state index in [9.17, 15) is 16.8 Å². The van der Waals surface area contributed by atoms with E-state index in [1.165, 1.54) is 8.61 Å². The Hall–Kier alpha value is -0.780. The van der Waals surface area contributed by atoms with Crippen LogP contribution in [0.5, 0.6) is 0 Å². The Morgan fingerprint density at radius 3 is 1.65 bits per heavy atom. The number of nitrogens with zero attached hydrogens (tertiary/aromatic N) is 2. The zero-order chi connectivity index (χ0) is 23.3. The lowest BCUT2D eigenvalue weighted by Gasteiger charge is -2.38. The summed E-state index contributed by atoms with van der Waals surface area (Å²) in [5, 5.41) is 0. The summed E-state index contributed by atoms with van der Waals surface area (Å²) in [6, 6.07) is 6.42. The minimum absolute atomic E-state index is 0.0958. The van der Waals surface area contributed by atoms with Crippen molar-refractivity contribution in [3.63, 3.8) is 0 Å². The fourth-order valence-electron chi connectivity index (χ4n) is 3.92. The van der Waals surface area contributed by atoms with Crippen molar-refractivity contribution in [2.24, 2.45) is 0 Å². The van der Waals surface area contributed by atoms with Gasteiger partial charge in [-0.25, -0.2) is 16.8 Å². The second-order valence-electron chi connectivity index (χ2n) is 8.06. The minimum Gasteiger partial charge on any atom is -0.207 e. The molecule has 10 heteroatoms. The molecule has 170 valence electrons. The topological polar surface area (TPSA) is 74.8 Å². The van der Waals surface area contributed by atoms with Crippen molar-refractivity contribution in [3.8, 4) is 0 Å². The number of aryl methyl sites for hydroxylation is 4. The molecule has 1 fully saturated rings. The van der Waals surface area contributed by atoms with Crippen molar-refractivity contribution in [1.29, 1.82) is 0 Å². The van der Waals surface area contributed by atoms with E-state index in [4.69, 9.17) is 0 Å². The van der Waals surface area contributed by atoms with Crippen LogP contribution in [0.15, 0.2) is 43.0 Å². The Bertz CT molecular complexity index is 1240. The molecule has 3 rings (SSSR count). The van der Waals surface area contributed by atoms with Gasteiger partial charge in [0, 0.05) is 34.6 Å². The van der Waals surface area contributed by atoms with Crippen LogP contribution in [-0.2, 0) is 20.0 Å². The molecule has 0 radical (unpaired) electrons. The Morgan fingerprint density at radius 1 is 0.742 bits per heavy atom. The Labute approximate surface area is 202 Å². The van der Waals surface area contributed by atoms with Crippen LogP contribution in [-0.4, -0.2) is 51.1 Å². The maximum absolute atomic E-state index is 13.4. The van der Waals surface area contributed by atoms with Crippen LogP contribution in [0.3, 0.4) is 0 Å². The first-order chi connectivity index (χ1) is 14.3. The van der Waals surface area contributed by atoms with Gasteiger partial charge < -0.3 is 0 Å². The van der Waals surface area contributed by atoms with Crippen LogP contribution in [0.2, 0.25) is 0 Å². The number of hydrogen-bond acceptors (Lipinski definition) is 4. The second-order valence-corrected chi connectivity index (χ2v) is 13.5. The first-order valence-electron chi connectivity index (χ1n) is 9.82. The van der Waals surface area contributed by atoms with Crippen molar-refractivity contribution in [2.45, 2.75) is 50.5 Å². The highest BCUT2D eigenvalue weighted by atomic mass is 79.9. The summed E-state index contributed by atoms with van der Waals surface area (Å²) in [5.74, 6) is 0.